The Kier molecular flexibility index (Phi) is 6.46. The zero-order chi connectivity index (χ0) is 29.5. The van der Waals surface area contributed by atoms with Crippen LogP contribution in [0.1, 0.15) is 22.3 Å². The summed E-state index contributed by atoms with van der Waals surface area (Å²) in [7, 11) is -1.61. The summed E-state index contributed by atoms with van der Waals surface area (Å²) in [6.07, 6.45) is 4.65. The van der Waals surface area contributed by atoms with Crippen molar-refractivity contribution in [2.75, 3.05) is 0 Å². The number of rotatable bonds is 0. The molecule has 0 radical (unpaired) electrons. The molecule has 0 N–H and O–H groups in total. The van der Waals surface area contributed by atoms with E-state index in [0.717, 1.165) is 24.6 Å². The van der Waals surface area contributed by atoms with Crippen molar-refractivity contribution in [3.05, 3.63) is 168 Å². The molecule has 1 spiro atoms. The Morgan fingerprint density at radius 2 is 0.522 bits per heavy atom. The average Bonchev–Trinajstić information content (AvgIpc) is 3.32. The Hall–Kier alpha value is -4.29. The Morgan fingerprint density at radius 3 is 0.783 bits per heavy atom. The maximum atomic E-state index is 2.48. The van der Waals surface area contributed by atoms with Gasteiger partial charge < -0.3 is 17.0 Å². The summed E-state index contributed by atoms with van der Waals surface area (Å²) in [6.45, 7) is 0. The summed E-state index contributed by atoms with van der Waals surface area (Å²) in [5.41, 5.74) is 12.0. The molecule has 0 fully saturated rings. The van der Waals surface area contributed by atoms with Gasteiger partial charge in [-0.25, -0.2) is 0 Å². The second-order valence-electron chi connectivity index (χ2n) is 13.3. The second-order valence-corrected chi connectivity index (χ2v) is 17.2. The van der Waals surface area contributed by atoms with E-state index in [4.69, 9.17) is 0 Å². The van der Waals surface area contributed by atoms with Gasteiger partial charge in [0.25, 0.3) is 0 Å². The van der Waals surface area contributed by atoms with Crippen molar-refractivity contribution >= 4 is 50.4 Å². The van der Waals surface area contributed by atoms with Crippen LogP contribution >= 0.6 is 7.26 Å². The SMILES string of the molecule is [Br-].c1ccc2c3c(ccc2c1)C[P+]1(Cc2ccc4ccccc4c2-3)Cc2ccc3ccccc3c2-c2c(ccc3ccccc23)C1. The van der Waals surface area contributed by atoms with Gasteiger partial charge in [-0.2, -0.15) is 0 Å². The smallest absolute Gasteiger partial charge is 0.0859 e. The number of fused-ring (bicyclic) bond motifs is 14. The lowest BCUT2D eigenvalue weighted by Crippen LogP contribution is -3.00. The second kappa shape index (κ2) is 10.6. The van der Waals surface area contributed by atoms with Crippen LogP contribution in [0.2, 0.25) is 0 Å². The highest BCUT2D eigenvalue weighted by Crippen LogP contribution is 2.73. The summed E-state index contributed by atoms with van der Waals surface area (Å²) in [6, 6.07) is 55.5. The first-order chi connectivity index (χ1) is 22.2. The van der Waals surface area contributed by atoms with E-state index in [2.05, 4.69) is 146 Å². The molecule has 0 amide bonds. The van der Waals surface area contributed by atoms with Crippen molar-refractivity contribution in [3.8, 4) is 22.3 Å². The molecule has 0 aliphatic carbocycles. The molecule has 2 aliphatic rings. The quantitative estimate of drug-likeness (QED) is 0.141. The van der Waals surface area contributed by atoms with Crippen molar-refractivity contribution in [1.29, 1.82) is 0 Å². The molecule has 0 unspecified atom stereocenters. The zero-order valence-electron chi connectivity index (χ0n) is 25.5. The van der Waals surface area contributed by atoms with Gasteiger partial charge in [0.15, 0.2) is 0 Å². The maximum absolute atomic E-state index is 2.48. The molecule has 2 aliphatic heterocycles. The van der Waals surface area contributed by atoms with Gasteiger partial charge >= 0.3 is 0 Å². The number of halogens is 1. The third-order valence-corrected chi connectivity index (χ3v) is 14.6. The summed E-state index contributed by atoms with van der Waals surface area (Å²) in [5.74, 6) is 0. The van der Waals surface area contributed by atoms with Crippen LogP contribution < -0.4 is 17.0 Å². The van der Waals surface area contributed by atoms with E-state index >= 15 is 0 Å². The molecule has 0 saturated carbocycles. The van der Waals surface area contributed by atoms with Crippen molar-refractivity contribution in [1.82, 2.24) is 0 Å². The molecule has 220 valence electrons. The topological polar surface area (TPSA) is 0 Å². The Bertz CT molecular complexity index is 2150. The van der Waals surface area contributed by atoms with Crippen LogP contribution in [0.5, 0.6) is 0 Å². The van der Waals surface area contributed by atoms with Gasteiger partial charge in [0.05, 0.1) is 24.6 Å². The van der Waals surface area contributed by atoms with Crippen LogP contribution in [0.4, 0.5) is 0 Å². The summed E-state index contributed by atoms with van der Waals surface area (Å²) >= 11 is 0. The fourth-order valence-corrected chi connectivity index (χ4v) is 13.4. The molecular weight excluding hydrogens is 639 g/mol. The van der Waals surface area contributed by atoms with E-state index < -0.39 is 7.26 Å². The van der Waals surface area contributed by atoms with Gasteiger partial charge in [0.1, 0.15) is 0 Å². The molecule has 0 atom stereocenters. The number of hydrogen-bond donors (Lipinski definition) is 0. The molecular formula is C44H32BrP. The lowest BCUT2D eigenvalue weighted by molar-refractivity contribution is -0.00000858. The first kappa shape index (κ1) is 28.0. The predicted octanol–water partition coefficient (Wildman–Crippen LogP) is 9.38. The standard InChI is InChI=1S/C44H32P.BrH/c1-5-13-37-29(9-1)17-21-33-25-45(26-34-22-18-30-10-2-6-14-38(30)42(34)41(33)37)27-35-23-19-31-11-3-7-15-39(31)43(35)44-36(28-45)24-20-32-12-4-8-16-40(32)44;/h1-24H,25-28H2;1H/q+1;/p-1. The highest BCUT2D eigenvalue weighted by Gasteiger charge is 2.45. The van der Waals surface area contributed by atoms with Gasteiger partial charge in [-0.3, -0.25) is 0 Å². The van der Waals surface area contributed by atoms with Crippen LogP contribution in [0.3, 0.4) is 0 Å². The summed E-state index contributed by atoms with van der Waals surface area (Å²) in [4.78, 5) is 0. The van der Waals surface area contributed by atoms with Crippen molar-refractivity contribution in [2.24, 2.45) is 0 Å². The van der Waals surface area contributed by atoms with Gasteiger partial charge in [-0.05, 0) is 87.6 Å². The van der Waals surface area contributed by atoms with Gasteiger partial charge in [0, 0.05) is 7.26 Å². The average molecular weight is 672 g/mol. The minimum absolute atomic E-state index is 0. The van der Waals surface area contributed by atoms with E-state index in [1.54, 1.807) is 0 Å². The zero-order valence-corrected chi connectivity index (χ0v) is 28.0. The van der Waals surface area contributed by atoms with Crippen LogP contribution in [-0.4, -0.2) is 0 Å². The molecule has 8 aromatic rings. The first-order valence-corrected chi connectivity index (χ1v) is 18.7. The monoisotopic (exact) mass is 670 g/mol. The fraction of sp³-hybridized carbons (Fsp3) is 0.0909. The highest BCUT2D eigenvalue weighted by molar-refractivity contribution is 7.73. The fourth-order valence-electron chi connectivity index (χ4n) is 8.76. The van der Waals surface area contributed by atoms with Crippen LogP contribution in [0.15, 0.2) is 146 Å². The van der Waals surface area contributed by atoms with E-state index in [-0.39, 0.29) is 17.0 Å². The summed E-state index contributed by atoms with van der Waals surface area (Å²) < 4.78 is 0. The molecule has 0 nitrogen and oxygen atoms in total. The van der Waals surface area contributed by atoms with E-state index in [9.17, 15) is 0 Å². The molecule has 46 heavy (non-hydrogen) atoms. The normalized spacial score (nSPS) is 14.6. The Balaban J connectivity index is 0.00000292. The molecule has 2 heterocycles. The van der Waals surface area contributed by atoms with Crippen LogP contribution in [-0.2, 0) is 24.6 Å². The molecule has 0 aromatic heterocycles. The van der Waals surface area contributed by atoms with Gasteiger partial charge in [-0.15, -0.1) is 0 Å². The van der Waals surface area contributed by atoms with Gasteiger partial charge in [0.2, 0.25) is 0 Å². The predicted molar refractivity (Wildman–Crippen MR) is 196 cm³/mol. The first-order valence-electron chi connectivity index (χ1n) is 16.1. The lowest BCUT2D eigenvalue weighted by Gasteiger charge is -2.26. The molecule has 0 bridgehead atoms. The Labute approximate surface area is 280 Å². The molecule has 2 heteroatoms. The van der Waals surface area contributed by atoms with E-state index in [1.807, 2.05) is 0 Å². The van der Waals surface area contributed by atoms with Crippen LogP contribution in [0.25, 0.3) is 65.3 Å². The maximum Gasteiger partial charge on any atom is 0.0859 e. The van der Waals surface area contributed by atoms with E-state index in [0.29, 0.717) is 0 Å². The number of hydrogen-bond acceptors (Lipinski definition) is 0. The van der Waals surface area contributed by atoms with Crippen molar-refractivity contribution in [2.45, 2.75) is 24.6 Å². The minimum atomic E-state index is -1.61. The highest BCUT2D eigenvalue weighted by atomic mass is 79.9. The third-order valence-electron chi connectivity index (χ3n) is 10.6. The Morgan fingerprint density at radius 1 is 0.283 bits per heavy atom. The lowest BCUT2D eigenvalue weighted by atomic mass is 9.88. The summed E-state index contributed by atoms with van der Waals surface area (Å²) in [5, 5.41) is 10.9. The molecule has 10 rings (SSSR count). The van der Waals surface area contributed by atoms with Crippen molar-refractivity contribution in [3.63, 3.8) is 0 Å². The van der Waals surface area contributed by atoms with Crippen LogP contribution in [0, 0.1) is 0 Å². The molecule has 0 saturated heterocycles. The van der Waals surface area contributed by atoms with Gasteiger partial charge in [-0.1, -0.05) is 146 Å². The number of benzene rings is 8. The largest absolute Gasteiger partial charge is 1.00 e. The van der Waals surface area contributed by atoms with E-state index in [1.165, 1.54) is 87.6 Å². The van der Waals surface area contributed by atoms with Crippen molar-refractivity contribution < 1.29 is 17.0 Å². The molecule has 8 aromatic carbocycles. The third kappa shape index (κ3) is 4.15. The minimum Gasteiger partial charge on any atom is -1.00 e.